The van der Waals surface area contributed by atoms with Crippen molar-refractivity contribution in [2.45, 2.75) is 46.5 Å². The van der Waals surface area contributed by atoms with Crippen molar-refractivity contribution in [1.82, 2.24) is 0 Å². The highest BCUT2D eigenvalue weighted by Crippen LogP contribution is 2.23. The van der Waals surface area contributed by atoms with E-state index in [1.165, 1.54) is 19.3 Å². The monoisotopic (exact) mass is 154 g/mol. The highest BCUT2D eigenvalue weighted by atomic mass is 16.1. The van der Waals surface area contributed by atoms with Crippen LogP contribution < -0.4 is 0 Å². The minimum atomic E-state index is 0.0525. The van der Waals surface area contributed by atoms with Crippen molar-refractivity contribution in [2.75, 3.05) is 0 Å². The molecule has 0 aliphatic carbocycles. The van der Waals surface area contributed by atoms with Crippen molar-refractivity contribution in [3.63, 3.8) is 0 Å². The van der Waals surface area contributed by atoms with Crippen molar-refractivity contribution in [3.8, 4) is 0 Å². The van der Waals surface area contributed by atoms with Gasteiger partial charge in [-0.1, -0.05) is 40.0 Å². The van der Waals surface area contributed by atoms with Crippen LogP contribution in [0.3, 0.4) is 0 Å². The lowest BCUT2D eigenvalue weighted by molar-refractivity contribution is 0.413. The Hall–Kier alpha value is -0.550. The predicted octanol–water partition coefficient (Wildman–Crippen LogP) is 2.98. The molecule has 0 aliphatic rings. The smallest absolute Gasteiger partial charge is 0.120 e. The van der Waals surface area contributed by atoms with E-state index in [1.807, 2.05) is 5.94 Å². The van der Waals surface area contributed by atoms with Gasteiger partial charge in [0.05, 0.1) is 0 Å². The van der Waals surface area contributed by atoms with Crippen LogP contribution in [-0.4, -0.2) is 5.94 Å². The van der Waals surface area contributed by atoms with Crippen LogP contribution in [0.1, 0.15) is 46.5 Å². The fraction of sp³-hybridized carbons (Fsp3) is 0.800. The van der Waals surface area contributed by atoms with Crippen LogP contribution in [0.15, 0.2) is 6.08 Å². The van der Waals surface area contributed by atoms with Gasteiger partial charge in [-0.3, -0.25) is 0 Å². The van der Waals surface area contributed by atoms with E-state index in [0.29, 0.717) is 0 Å². The lowest BCUT2D eigenvalue weighted by atomic mass is 9.87. The normalized spacial score (nSPS) is 10.8. The molecule has 0 unspecified atom stereocenters. The molecule has 0 aliphatic heterocycles. The number of carbonyl (C=O) groups excluding carboxylic acids is 1. The predicted molar refractivity (Wildman–Crippen MR) is 48.2 cm³/mol. The first kappa shape index (κ1) is 10.4. The largest absolute Gasteiger partial charge is 0.234 e. The molecule has 64 valence electrons. The van der Waals surface area contributed by atoms with Crippen LogP contribution in [0.4, 0.5) is 0 Å². The molecule has 0 aromatic heterocycles. The Bertz CT molecular complexity index is 141. The van der Waals surface area contributed by atoms with E-state index >= 15 is 0 Å². The van der Waals surface area contributed by atoms with E-state index in [9.17, 15) is 4.79 Å². The van der Waals surface area contributed by atoms with Crippen LogP contribution in [0.5, 0.6) is 0 Å². The van der Waals surface area contributed by atoms with Crippen LogP contribution in [-0.2, 0) is 4.79 Å². The molecular weight excluding hydrogens is 136 g/mol. The highest BCUT2D eigenvalue weighted by molar-refractivity contribution is 5.46. The van der Waals surface area contributed by atoms with Gasteiger partial charge in [-0.2, -0.15) is 0 Å². The first-order chi connectivity index (χ1) is 5.12. The van der Waals surface area contributed by atoms with Crippen LogP contribution in [0.25, 0.3) is 0 Å². The van der Waals surface area contributed by atoms with E-state index in [-0.39, 0.29) is 5.41 Å². The van der Waals surface area contributed by atoms with Gasteiger partial charge in [-0.15, -0.1) is 0 Å². The van der Waals surface area contributed by atoms with Crippen molar-refractivity contribution in [3.05, 3.63) is 6.08 Å². The molecule has 11 heavy (non-hydrogen) atoms. The Labute approximate surface area is 69.5 Å². The summed E-state index contributed by atoms with van der Waals surface area (Å²) in [5.41, 5.74) is 0.0525. The van der Waals surface area contributed by atoms with Gasteiger partial charge in [0.25, 0.3) is 0 Å². The summed E-state index contributed by atoms with van der Waals surface area (Å²) < 4.78 is 0. The van der Waals surface area contributed by atoms with Gasteiger partial charge in [0.2, 0.25) is 0 Å². The van der Waals surface area contributed by atoms with E-state index in [1.54, 1.807) is 6.08 Å². The first-order valence-electron chi connectivity index (χ1n) is 4.34. The number of rotatable bonds is 5. The van der Waals surface area contributed by atoms with E-state index < -0.39 is 0 Å². The van der Waals surface area contributed by atoms with Crippen molar-refractivity contribution in [2.24, 2.45) is 5.41 Å². The van der Waals surface area contributed by atoms with Gasteiger partial charge in [-0.25, -0.2) is 4.79 Å². The summed E-state index contributed by atoms with van der Waals surface area (Å²) in [7, 11) is 0. The first-order valence-corrected chi connectivity index (χ1v) is 4.34. The maximum Gasteiger partial charge on any atom is 0.120 e. The Morgan fingerprint density at radius 2 is 2.00 bits per heavy atom. The third-order valence-electron chi connectivity index (χ3n) is 1.87. The van der Waals surface area contributed by atoms with Crippen LogP contribution >= 0.6 is 0 Å². The maximum absolute atomic E-state index is 10.1. The van der Waals surface area contributed by atoms with Gasteiger partial charge in [-0.05, 0) is 11.8 Å². The second-order valence-corrected chi connectivity index (χ2v) is 3.71. The summed E-state index contributed by atoms with van der Waals surface area (Å²) in [6.07, 6.45) is 6.43. The molecule has 0 atom stereocenters. The van der Waals surface area contributed by atoms with E-state index in [2.05, 4.69) is 20.8 Å². The van der Waals surface area contributed by atoms with E-state index in [4.69, 9.17) is 0 Å². The summed E-state index contributed by atoms with van der Waals surface area (Å²) in [4.78, 5) is 10.1. The molecule has 0 spiro atoms. The molecule has 0 heterocycles. The quantitative estimate of drug-likeness (QED) is 0.439. The molecule has 0 saturated carbocycles. The summed E-state index contributed by atoms with van der Waals surface area (Å²) >= 11 is 0. The molecule has 0 bridgehead atoms. The second kappa shape index (κ2) is 5.15. The van der Waals surface area contributed by atoms with Gasteiger partial charge < -0.3 is 0 Å². The van der Waals surface area contributed by atoms with Gasteiger partial charge >= 0.3 is 0 Å². The lowest BCUT2D eigenvalue weighted by Gasteiger charge is -2.17. The zero-order valence-electron chi connectivity index (χ0n) is 7.81. The van der Waals surface area contributed by atoms with Crippen LogP contribution in [0, 0.1) is 5.41 Å². The van der Waals surface area contributed by atoms with Gasteiger partial charge in [0, 0.05) is 6.08 Å². The summed E-state index contributed by atoms with van der Waals surface area (Å²) in [6.45, 7) is 6.34. The second-order valence-electron chi connectivity index (χ2n) is 3.71. The summed E-state index contributed by atoms with van der Waals surface area (Å²) in [6, 6.07) is 0. The van der Waals surface area contributed by atoms with Crippen LogP contribution in [0.2, 0.25) is 0 Å². The molecule has 0 N–H and O–H groups in total. The van der Waals surface area contributed by atoms with Gasteiger partial charge in [0.15, 0.2) is 0 Å². The molecular formula is C10H18O. The average Bonchev–Trinajstić information content (AvgIpc) is 1.87. The number of hydrogen-bond acceptors (Lipinski definition) is 1. The molecule has 0 saturated heterocycles. The Morgan fingerprint density at radius 1 is 1.36 bits per heavy atom. The summed E-state index contributed by atoms with van der Waals surface area (Å²) in [5.74, 6) is 1.86. The van der Waals surface area contributed by atoms with E-state index in [0.717, 1.165) is 6.42 Å². The Balaban J connectivity index is 3.63. The standard InChI is InChI=1S/C10H18O/c1-4-5-6-7-10(2,3)8-9-11/h8H,4-7H2,1-3H3. The Morgan fingerprint density at radius 3 is 2.45 bits per heavy atom. The third kappa shape index (κ3) is 5.87. The summed E-state index contributed by atoms with van der Waals surface area (Å²) in [5, 5.41) is 0. The van der Waals surface area contributed by atoms with Crippen molar-refractivity contribution < 1.29 is 4.79 Å². The topological polar surface area (TPSA) is 17.1 Å². The fourth-order valence-electron chi connectivity index (χ4n) is 1.06. The maximum atomic E-state index is 10.1. The minimum Gasteiger partial charge on any atom is -0.234 e. The zero-order valence-corrected chi connectivity index (χ0v) is 7.81. The number of allylic oxidation sites excluding steroid dienone is 1. The van der Waals surface area contributed by atoms with Crippen molar-refractivity contribution in [1.29, 1.82) is 0 Å². The molecule has 0 rings (SSSR count). The average molecular weight is 154 g/mol. The zero-order chi connectivity index (χ0) is 8.74. The minimum absolute atomic E-state index is 0.0525. The molecule has 0 fully saturated rings. The molecule has 0 aromatic carbocycles. The SMILES string of the molecule is CCCCCC(C)(C)C=C=O. The fourth-order valence-corrected chi connectivity index (χ4v) is 1.06. The lowest BCUT2D eigenvalue weighted by Crippen LogP contribution is -2.06. The molecule has 1 nitrogen and oxygen atoms in total. The van der Waals surface area contributed by atoms with Crippen molar-refractivity contribution >= 4 is 5.94 Å². The Kier molecular flexibility index (Phi) is 4.89. The third-order valence-corrected chi connectivity index (χ3v) is 1.87. The number of hydrogen-bond donors (Lipinski definition) is 0. The highest BCUT2D eigenvalue weighted by Gasteiger charge is 2.12. The van der Waals surface area contributed by atoms with Gasteiger partial charge in [0.1, 0.15) is 5.94 Å². The number of unbranched alkanes of at least 4 members (excludes halogenated alkanes) is 2. The molecule has 1 heteroatoms. The molecule has 0 aromatic rings. The molecule has 0 amide bonds. The molecule has 0 radical (unpaired) electrons.